The fraction of sp³-hybridized carbons (Fsp3) is 0.222. The van der Waals surface area contributed by atoms with Crippen LogP contribution in [-0.4, -0.2) is 22.1 Å². The quantitative estimate of drug-likeness (QED) is 0.536. The Morgan fingerprint density at radius 2 is 1.65 bits per heavy atom. The van der Waals surface area contributed by atoms with E-state index in [9.17, 15) is 4.57 Å². The van der Waals surface area contributed by atoms with Crippen LogP contribution in [0.1, 0.15) is 12.5 Å². The van der Waals surface area contributed by atoms with E-state index in [1.54, 1.807) is 0 Å². The molecule has 0 unspecified atom stereocenters. The van der Waals surface area contributed by atoms with Crippen molar-refractivity contribution in [3.05, 3.63) is 72.3 Å². The Morgan fingerprint density at radius 1 is 1.04 bits per heavy atom. The predicted molar refractivity (Wildman–Crippen MR) is 94.2 cm³/mol. The van der Waals surface area contributed by atoms with E-state index in [4.69, 9.17) is 9.79 Å². The lowest BCUT2D eigenvalue weighted by Gasteiger charge is -2.16. The molecule has 2 aromatic carbocycles. The first-order chi connectivity index (χ1) is 11.0. The molecule has 2 rings (SSSR count). The van der Waals surface area contributed by atoms with Crippen LogP contribution in [0.4, 0.5) is 0 Å². The Balaban J connectivity index is 2.04. The lowest BCUT2D eigenvalue weighted by Crippen LogP contribution is -2.30. The molecule has 0 aliphatic carbocycles. The van der Waals surface area contributed by atoms with E-state index in [0.717, 1.165) is 11.1 Å². The second-order valence-corrected chi connectivity index (χ2v) is 7.07. The third kappa shape index (κ3) is 6.12. The second kappa shape index (κ2) is 8.23. The molecule has 2 aromatic rings. The maximum Gasteiger partial charge on any atom is 0.339 e. The number of rotatable bonds is 7. The molecule has 0 bridgehead atoms. The molecule has 0 spiro atoms. The standard InChI is InChI=1S/C18H22NO3P/c1-2-6-18(19-14-23(20,21)22)13-15-9-11-17(12-10-15)16-7-4-3-5-8-16/h2-12,18-19H,13-14H2,1H3,(H2,20,21,22)/t18-/m1/s1. The molecule has 3 N–H and O–H groups in total. The molecule has 122 valence electrons. The summed E-state index contributed by atoms with van der Waals surface area (Å²) in [5.74, 6) is 0. The van der Waals surface area contributed by atoms with Gasteiger partial charge in [0.25, 0.3) is 0 Å². The fourth-order valence-electron chi connectivity index (χ4n) is 2.39. The van der Waals surface area contributed by atoms with Crippen molar-refractivity contribution in [1.82, 2.24) is 5.32 Å². The van der Waals surface area contributed by atoms with Gasteiger partial charge in [0.05, 0.1) is 6.29 Å². The summed E-state index contributed by atoms with van der Waals surface area (Å²) in [6, 6.07) is 18.3. The molecule has 5 heteroatoms. The molecule has 1 atom stereocenters. The van der Waals surface area contributed by atoms with Crippen molar-refractivity contribution in [2.24, 2.45) is 0 Å². The summed E-state index contributed by atoms with van der Waals surface area (Å²) in [4.78, 5) is 18.0. The molecular weight excluding hydrogens is 309 g/mol. The van der Waals surface area contributed by atoms with Crippen LogP contribution >= 0.6 is 7.60 Å². The van der Waals surface area contributed by atoms with Crippen LogP contribution in [0.5, 0.6) is 0 Å². The van der Waals surface area contributed by atoms with E-state index < -0.39 is 7.60 Å². The fourth-order valence-corrected chi connectivity index (χ4v) is 2.87. The topological polar surface area (TPSA) is 69.6 Å². The van der Waals surface area contributed by atoms with Gasteiger partial charge in [-0.25, -0.2) is 0 Å². The molecule has 0 aromatic heterocycles. The van der Waals surface area contributed by atoms with Crippen LogP contribution in [0.2, 0.25) is 0 Å². The van der Waals surface area contributed by atoms with Gasteiger partial charge in [0.2, 0.25) is 0 Å². The van der Waals surface area contributed by atoms with Crippen LogP contribution in [0.25, 0.3) is 11.1 Å². The Kier molecular flexibility index (Phi) is 6.31. The lowest BCUT2D eigenvalue weighted by atomic mass is 10.0. The lowest BCUT2D eigenvalue weighted by molar-refractivity contribution is 0.365. The minimum Gasteiger partial charge on any atom is -0.324 e. The molecule has 0 heterocycles. The highest BCUT2D eigenvalue weighted by molar-refractivity contribution is 7.51. The highest BCUT2D eigenvalue weighted by atomic mass is 31.2. The molecule has 0 aliphatic rings. The zero-order chi connectivity index (χ0) is 16.7. The van der Waals surface area contributed by atoms with Crippen molar-refractivity contribution in [3.63, 3.8) is 0 Å². The maximum atomic E-state index is 11.0. The van der Waals surface area contributed by atoms with E-state index in [2.05, 4.69) is 41.7 Å². The summed E-state index contributed by atoms with van der Waals surface area (Å²) >= 11 is 0. The first-order valence-electron chi connectivity index (χ1n) is 7.53. The van der Waals surface area contributed by atoms with Gasteiger partial charge in [-0.2, -0.15) is 0 Å². The molecule has 23 heavy (non-hydrogen) atoms. The highest BCUT2D eigenvalue weighted by Crippen LogP contribution is 2.32. The summed E-state index contributed by atoms with van der Waals surface area (Å²) in [6.07, 6.45) is 4.17. The third-order valence-electron chi connectivity index (χ3n) is 3.50. The van der Waals surface area contributed by atoms with Crippen LogP contribution < -0.4 is 5.32 Å². The number of allylic oxidation sites excluding steroid dienone is 1. The Hall–Kier alpha value is -1.71. The number of nitrogens with one attached hydrogen (secondary N) is 1. The smallest absolute Gasteiger partial charge is 0.324 e. The summed E-state index contributed by atoms with van der Waals surface area (Å²) in [7, 11) is -4.04. The zero-order valence-corrected chi connectivity index (χ0v) is 14.0. The van der Waals surface area contributed by atoms with Crippen LogP contribution in [0, 0.1) is 0 Å². The van der Waals surface area contributed by atoms with Gasteiger partial charge in [0.1, 0.15) is 0 Å². The van der Waals surface area contributed by atoms with Crippen LogP contribution in [-0.2, 0) is 11.0 Å². The monoisotopic (exact) mass is 331 g/mol. The Morgan fingerprint density at radius 3 is 2.22 bits per heavy atom. The van der Waals surface area contributed by atoms with E-state index in [-0.39, 0.29) is 12.3 Å². The van der Waals surface area contributed by atoms with Crippen LogP contribution in [0.15, 0.2) is 66.7 Å². The average molecular weight is 331 g/mol. The SMILES string of the molecule is CC=C[C@H](Cc1ccc(-c2ccccc2)cc1)NCP(=O)(O)O. The first-order valence-corrected chi connectivity index (χ1v) is 9.33. The third-order valence-corrected chi connectivity index (χ3v) is 4.10. The first kappa shape index (κ1) is 17.6. The predicted octanol–water partition coefficient (Wildman–Crippen LogP) is 3.57. The summed E-state index contributed by atoms with van der Waals surface area (Å²) in [6.45, 7) is 1.89. The van der Waals surface area contributed by atoms with Crippen molar-refractivity contribution in [3.8, 4) is 11.1 Å². The maximum absolute atomic E-state index is 11.0. The average Bonchev–Trinajstić information content (AvgIpc) is 2.54. The van der Waals surface area contributed by atoms with E-state index in [1.165, 1.54) is 5.56 Å². The molecule has 0 amide bonds. The molecule has 0 saturated heterocycles. The van der Waals surface area contributed by atoms with Gasteiger partial charge in [-0.15, -0.1) is 0 Å². The Labute approximate surface area is 137 Å². The van der Waals surface area contributed by atoms with Crippen molar-refractivity contribution in [1.29, 1.82) is 0 Å². The number of hydrogen-bond acceptors (Lipinski definition) is 2. The van der Waals surface area contributed by atoms with Crippen molar-refractivity contribution in [2.45, 2.75) is 19.4 Å². The van der Waals surface area contributed by atoms with E-state index >= 15 is 0 Å². The van der Waals surface area contributed by atoms with E-state index in [0.29, 0.717) is 6.42 Å². The van der Waals surface area contributed by atoms with Gasteiger partial charge in [-0.1, -0.05) is 66.7 Å². The largest absolute Gasteiger partial charge is 0.339 e. The molecule has 4 nitrogen and oxygen atoms in total. The molecule has 0 saturated carbocycles. The summed E-state index contributed by atoms with van der Waals surface area (Å²) in [5.41, 5.74) is 3.44. The normalized spacial score (nSPS) is 13.3. The van der Waals surface area contributed by atoms with Crippen molar-refractivity contribution in [2.75, 3.05) is 6.29 Å². The van der Waals surface area contributed by atoms with Gasteiger partial charge < -0.3 is 9.79 Å². The Bertz CT molecular complexity index is 677. The summed E-state index contributed by atoms with van der Waals surface area (Å²) in [5, 5.41) is 2.91. The summed E-state index contributed by atoms with van der Waals surface area (Å²) < 4.78 is 11.0. The molecular formula is C18H22NO3P. The number of benzene rings is 2. The van der Waals surface area contributed by atoms with Crippen molar-refractivity contribution >= 4 is 7.60 Å². The molecule has 0 aliphatic heterocycles. The van der Waals surface area contributed by atoms with Crippen molar-refractivity contribution < 1.29 is 14.4 Å². The van der Waals surface area contributed by atoms with Gasteiger partial charge in [-0.05, 0) is 30.0 Å². The molecule has 0 fully saturated rings. The van der Waals surface area contributed by atoms with Gasteiger partial charge in [-0.3, -0.25) is 9.88 Å². The van der Waals surface area contributed by atoms with Gasteiger partial charge in [0.15, 0.2) is 0 Å². The van der Waals surface area contributed by atoms with Gasteiger partial charge in [0, 0.05) is 6.04 Å². The highest BCUT2D eigenvalue weighted by Gasteiger charge is 2.15. The zero-order valence-electron chi connectivity index (χ0n) is 13.1. The van der Waals surface area contributed by atoms with E-state index in [1.807, 2.05) is 37.3 Å². The minimum atomic E-state index is -4.04. The molecule has 0 radical (unpaired) electrons. The number of hydrogen-bond donors (Lipinski definition) is 3. The van der Waals surface area contributed by atoms with Crippen LogP contribution in [0.3, 0.4) is 0 Å². The van der Waals surface area contributed by atoms with Gasteiger partial charge >= 0.3 is 7.60 Å². The minimum absolute atomic E-state index is 0.102. The second-order valence-electron chi connectivity index (χ2n) is 5.43.